The molecule has 1 saturated carbocycles. The molecule has 0 radical (unpaired) electrons. The number of rotatable bonds is 7. The van der Waals surface area contributed by atoms with Crippen LogP contribution in [0.25, 0.3) is 0 Å². The third kappa shape index (κ3) is 11.6. The van der Waals surface area contributed by atoms with E-state index < -0.39 is 17.7 Å². The highest BCUT2D eigenvalue weighted by Crippen LogP contribution is 2.30. The summed E-state index contributed by atoms with van der Waals surface area (Å²) >= 11 is 0. The van der Waals surface area contributed by atoms with Gasteiger partial charge in [0.15, 0.2) is 11.4 Å². The molecule has 1 aliphatic rings. The van der Waals surface area contributed by atoms with E-state index in [1.807, 2.05) is 13.8 Å². The zero-order valence-electron chi connectivity index (χ0n) is 21.2. The SMILES string of the molecule is CCC(=O)OC(C)CC1CCCC1.COc1ccnc(C(N)=O)c1OC(C)=O.Oc1cccc(F)c1. The van der Waals surface area contributed by atoms with Gasteiger partial charge in [0, 0.05) is 31.7 Å². The molecule has 0 bridgehead atoms. The number of pyridine rings is 1. The van der Waals surface area contributed by atoms with E-state index >= 15 is 0 Å². The highest BCUT2D eigenvalue weighted by Gasteiger charge is 2.19. The van der Waals surface area contributed by atoms with Gasteiger partial charge in [0.05, 0.1) is 13.2 Å². The van der Waals surface area contributed by atoms with Crippen LogP contribution in [-0.4, -0.2) is 41.2 Å². The molecule has 1 aliphatic carbocycles. The average Bonchev–Trinajstić information content (AvgIpc) is 3.32. The van der Waals surface area contributed by atoms with Crippen LogP contribution in [0.1, 0.15) is 69.8 Å². The summed E-state index contributed by atoms with van der Waals surface area (Å²) in [4.78, 5) is 36.5. The Hall–Kier alpha value is -3.69. The molecule has 1 atom stereocenters. The molecule has 36 heavy (non-hydrogen) atoms. The molecular formula is C26H35FN2O7. The fourth-order valence-corrected chi connectivity index (χ4v) is 3.56. The van der Waals surface area contributed by atoms with E-state index in [4.69, 9.17) is 25.1 Å². The standard InChI is InChI=1S/C11H20O2.C9H10N2O4.C6H5FO/c1-3-11(12)13-9(2)8-10-6-4-5-7-10;1-5(12)15-8-6(14-2)3-4-11-7(8)9(10)13;7-5-2-1-3-6(8)4-5/h9-10H,3-8H2,1-2H3;3-4H,1-2H3,(H2,10,13);1-4,8H. The minimum atomic E-state index is -0.787. The number of carbonyl (C=O) groups excluding carboxylic acids is 3. The molecule has 1 amide bonds. The van der Waals surface area contributed by atoms with Crippen molar-refractivity contribution >= 4 is 17.8 Å². The lowest BCUT2D eigenvalue weighted by molar-refractivity contribution is -0.148. The van der Waals surface area contributed by atoms with E-state index in [1.54, 1.807) is 0 Å². The molecular weight excluding hydrogens is 471 g/mol. The molecule has 9 nitrogen and oxygen atoms in total. The zero-order chi connectivity index (χ0) is 27.1. The topological polar surface area (TPSA) is 138 Å². The highest BCUT2D eigenvalue weighted by molar-refractivity contribution is 5.95. The second-order valence-corrected chi connectivity index (χ2v) is 8.17. The highest BCUT2D eigenvalue weighted by atomic mass is 19.1. The van der Waals surface area contributed by atoms with Gasteiger partial charge in [-0.1, -0.05) is 38.7 Å². The lowest BCUT2D eigenvalue weighted by Gasteiger charge is -2.16. The Labute approximate surface area is 210 Å². The number of esters is 2. The minimum absolute atomic E-state index is 0.0370. The molecule has 0 aliphatic heterocycles. The second kappa shape index (κ2) is 16.1. The molecule has 1 heterocycles. The van der Waals surface area contributed by atoms with E-state index in [0.29, 0.717) is 6.42 Å². The Balaban J connectivity index is 0.000000282. The van der Waals surface area contributed by atoms with Gasteiger partial charge in [-0.3, -0.25) is 14.4 Å². The number of aromatic hydroxyl groups is 1. The zero-order valence-corrected chi connectivity index (χ0v) is 21.2. The van der Waals surface area contributed by atoms with Crippen LogP contribution in [0.15, 0.2) is 36.5 Å². The normalized spacial score (nSPS) is 13.2. The number of benzene rings is 1. The van der Waals surface area contributed by atoms with Crippen molar-refractivity contribution in [3.05, 3.63) is 48.0 Å². The van der Waals surface area contributed by atoms with Gasteiger partial charge >= 0.3 is 11.9 Å². The summed E-state index contributed by atoms with van der Waals surface area (Å²) in [6, 6.07) is 6.66. The first kappa shape index (κ1) is 30.3. The van der Waals surface area contributed by atoms with Gasteiger partial charge in [-0.05, 0) is 31.4 Å². The number of methoxy groups -OCH3 is 1. The van der Waals surface area contributed by atoms with Crippen LogP contribution in [-0.2, 0) is 14.3 Å². The summed E-state index contributed by atoms with van der Waals surface area (Å²) in [6.07, 6.45) is 8.39. The Bertz CT molecular complexity index is 977. The Kier molecular flexibility index (Phi) is 13.5. The van der Waals surface area contributed by atoms with Gasteiger partial charge < -0.3 is 25.1 Å². The van der Waals surface area contributed by atoms with Crippen LogP contribution in [0, 0.1) is 11.7 Å². The molecule has 1 aromatic carbocycles. The molecule has 0 saturated heterocycles. The number of phenolic OH excluding ortho intramolecular Hbond substituents is 1. The number of nitrogens with two attached hydrogens (primary N) is 1. The van der Waals surface area contributed by atoms with E-state index in [2.05, 4.69) is 4.98 Å². The van der Waals surface area contributed by atoms with E-state index in [0.717, 1.165) is 18.4 Å². The number of hydrogen-bond acceptors (Lipinski definition) is 8. The number of hydrogen-bond donors (Lipinski definition) is 2. The van der Waals surface area contributed by atoms with Gasteiger partial charge in [0.2, 0.25) is 5.75 Å². The van der Waals surface area contributed by atoms with Crippen molar-refractivity contribution in [3.63, 3.8) is 0 Å². The van der Waals surface area contributed by atoms with Crippen molar-refractivity contribution in [2.24, 2.45) is 11.7 Å². The van der Waals surface area contributed by atoms with Crippen LogP contribution in [0.5, 0.6) is 17.2 Å². The summed E-state index contributed by atoms with van der Waals surface area (Å²) in [7, 11) is 1.38. The fourth-order valence-electron chi connectivity index (χ4n) is 3.56. The van der Waals surface area contributed by atoms with Gasteiger partial charge in [0.1, 0.15) is 11.6 Å². The predicted octanol–water partition coefficient (Wildman–Crippen LogP) is 4.55. The second-order valence-electron chi connectivity index (χ2n) is 8.17. The van der Waals surface area contributed by atoms with Crippen molar-refractivity contribution in [3.8, 4) is 17.2 Å². The Morgan fingerprint density at radius 2 is 1.89 bits per heavy atom. The van der Waals surface area contributed by atoms with Crippen LogP contribution < -0.4 is 15.2 Å². The van der Waals surface area contributed by atoms with E-state index in [1.165, 1.54) is 70.2 Å². The quantitative estimate of drug-likeness (QED) is 0.522. The van der Waals surface area contributed by atoms with Gasteiger partial charge in [-0.15, -0.1) is 0 Å². The fraction of sp³-hybridized carbons (Fsp3) is 0.462. The number of phenols is 1. The monoisotopic (exact) mass is 506 g/mol. The summed E-state index contributed by atoms with van der Waals surface area (Å²) in [5.74, 6) is -0.900. The number of amides is 1. The number of halogens is 1. The number of aromatic nitrogens is 1. The maximum Gasteiger partial charge on any atom is 0.308 e. The van der Waals surface area contributed by atoms with Gasteiger partial charge in [0.25, 0.3) is 5.91 Å². The Morgan fingerprint density at radius 3 is 2.36 bits per heavy atom. The van der Waals surface area contributed by atoms with Crippen molar-refractivity contribution < 1.29 is 38.1 Å². The number of carbonyl (C=O) groups is 3. The summed E-state index contributed by atoms with van der Waals surface area (Å²) in [6.45, 7) is 5.05. The van der Waals surface area contributed by atoms with E-state index in [9.17, 15) is 18.8 Å². The third-order valence-electron chi connectivity index (χ3n) is 5.14. The van der Waals surface area contributed by atoms with Crippen LogP contribution in [0.3, 0.4) is 0 Å². The minimum Gasteiger partial charge on any atom is -0.508 e. The van der Waals surface area contributed by atoms with Gasteiger partial charge in [-0.25, -0.2) is 9.37 Å². The molecule has 198 valence electrons. The molecule has 1 unspecified atom stereocenters. The first-order valence-electron chi connectivity index (χ1n) is 11.7. The maximum absolute atomic E-state index is 12.0. The molecule has 3 rings (SSSR count). The third-order valence-corrected chi connectivity index (χ3v) is 5.14. The smallest absolute Gasteiger partial charge is 0.308 e. The number of nitrogens with zero attached hydrogens (tertiary/aromatic N) is 1. The predicted molar refractivity (Wildman–Crippen MR) is 131 cm³/mol. The summed E-state index contributed by atoms with van der Waals surface area (Å²) in [5.41, 5.74) is 4.93. The van der Waals surface area contributed by atoms with Gasteiger partial charge in [-0.2, -0.15) is 0 Å². The average molecular weight is 507 g/mol. The van der Waals surface area contributed by atoms with Crippen LogP contribution >= 0.6 is 0 Å². The number of primary amides is 1. The van der Waals surface area contributed by atoms with Crippen LogP contribution in [0.4, 0.5) is 4.39 Å². The first-order valence-corrected chi connectivity index (χ1v) is 11.7. The molecule has 1 aromatic heterocycles. The largest absolute Gasteiger partial charge is 0.508 e. The lowest BCUT2D eigenvalue weighted by Crippen LogP contribution is -2.16. The molecule has 0 spiro atoms. The lowest BCUT2D eigenvalue weighted by atomic mass is 10.0. The molecule has 10 heteroatoms. The summed E-state index contributed by atoms with van der Waals surface area (Å²) < 4.78 is 26.9. The Morgan fingerprint density at radius 1 is 1.22 bits per heavy atom. The van der Waals surface area contributed by atoms with E-state index in [-0.39, 0.29) is 35.0 Å². The van der Waals surface area contributed by atoms with Crippen molar-refractivity contribution in [1.82, 2.24) is 4.98 Å². The maximum atomic E-state index is 12.0. The summed E-state index contributed by atoms with van der Waals surface area (Å²) in [5, 5.41) is 8.57. The molecule has 1 fully saturated rings. The molecule has 3 N–H and O–H groups in total. The number of ether oxygens (including phenoxy) is 3. The first-order chi connectivity index (χ1) is 17.1. The van der Waals surface area contributed by atoms with Crippen molar-refractivity contribution in [1.29, 1.82) is 0 Å². The van der Waals surface area contributed by atoms with Crippen molar-refractivity contribution in [2.45, 2.75) is 65.4 Å². The van der Waals surface area contributed by atoms with Crippen LogP contribution in [0.2, 0.25) is 0 Å². The van der Waals surface area contributed by atoms with Crippen molar-refractivity contribution in [2.75, 3.05) is 7.11 Å². The molecule has 2 aromatic rings.